The molecule has 0 aliphatic heterocycles. The summed E-state index contributed by atoms with van der Waals surface area (Å²) in [6.45, 7) is 12.8. The highest BCUT2D eigenvalue weighted by Gasteiger charge is 2.43. The minimum absolute atomic E-state index is 0.450. The van der Waals surface area contributed by atoms with E-state index in [2.05, 4.69) is 37.9 Å². The number of nitrogens with zero attached hydrogens (tertiary/aromatic N) is 1. The Kier molecular flexibility index (Phi) is 8.79. The van der Waals surface area contributed by atoms with Gasteiger partial charge in [-0.3, -0.25) is 4.90 Å². The monoisotopic (exact) mass is 282 g/mol. The Balaban J connectivity index is 2.71. The number of nitrogens with one attached hydrogen (secondary N) is 1. The summed E-state index contributed by atoms with van der Waals surface area (Å²) in [6, 6.07) is 0.701. The molecule has 0 spiro atoms. The standard InChI is InChI=1S/C18H38N2/c1-5-9-10-11-14-17(19-6-2)18(15-12-13-16-18)20(7-3)8-4/h17,19H,5-16H2,1-4H3. The lowest BCUT2D eigenvalue weighted by Crippen LogP contribution is -2.59. The molecule has 2 nitrogen and oxygen atoms in total. The second kappa shape index (κ2) is 9.78. The molecular weight excluding hydrogens is 244 g/mol. The highest BCUT2D eigenvalue weighted by Crippen LogP contribution is 2.39. The van der Waals surface area contributed by atoms with E-state index in [1.807, 2.05) is 0 Å². The first-order valence-electron chi connectivity index (χ1n) is 9.23. The summed E-state index contributed by atoms with van der Waals surface area (Å²) < 4.78 is 0. The molecule has 1 unspecified atom stereocenters. The Morgan fingerprint density at radius 3 is 2.10 bits per heavy atom. The number of rotatable bonds is 11. The van der Waals surface area contributed by atoms with Crippen LogP contribution in [0.3, 0.4) is 0 Å². The molecule has 1 aliphatic carbocycles. The minimum atomic E-state index is 0.450. The van der Waals surface area contributed by atoms with Gasteiger partial charge in [0, 0.05) is 11.6 Å². The van der Waals surface area contributed by atoms with Crippen LogP contribution in [0.15, 0.2) is 0 Å². The van der Waals surface area contributed by atoms with E-state index in [0.717, 1.165) is 6.54 Å². The van der Waals surface area contributed by atoms with Crippen molar-refractivity contribution in [2.24, 2.45) is 0 Å². The van der Waals surface area contributed by atoms with Crippen LogP contribution < -0.4 is 5.32 Å². The number of hydrogen-bond acceptors (Lipinski definition) is 2. The van der Waals surface area contributed by atoms with E-state index in [-0.39, 0.29) is 0 Å². The van der Waals surface area contributed by atoms with Gasteiger partial charge in [-0.25, -0.2) is 0 Å². The molecule has 0 bridgehead atoms. The predicted octanol–water partition coefficient (Wildman–Crippen LogP) is 4.59. The van der Waals surface area contributed by atoms with Crippen molar-refractivity contribution in [1.29, 1.82) is 0 Å². The molecule has 120 valence electrons. The SMILES string of the molecule is CCCCCCC(NCC)C1(N(CC)CC)CCCC1. The van der Waals surface area contributed by atoms with Gasteiger partial charge in [0.15, 0.2) is 0 Å². The summed E-state index contributed by atoms with van der Waals surface area (Å²) in [5.74, 6) is 0. The second-order valence-corrected chi connectivity index (χ2v) is 6.44. The lowest BCUT2D eigenvalue weighted by Gasteiger charge is -2.47. The van der Waals surface area contributed by atoms with E-state index in [0.29, 0.717) is 11.6 Å². The molecule has 1 N–H and O–H groups in total. The van der Waals surface area contributed by atoms with Crippen molar-refractivity contribution >= 4 is 0 Å². The van der Waals surface area contributed by atoms with Gasteiger partial charge in [0.25, 0.3) is 0 Å². The number of likely N-dealkylation sites (N-methyl/N-ethyl adjacent to an activating group) is 2. The summed E-state index contributed by atoms with van der Waals surface area (Å²) >= 11 is 0. The molecule has 0 aromatic carbocycles. The first-order valence-corrected chi connectivity index (χ1v) is 9.23. The fourth-order valence-corrected chi connectivity index (χ4v) is 4.31. The topological polar surface area (TPSA) is 15.3 Å². The molecule has 0 aromatic heterocycles. The van der Waals surface area contributed by atoms with Gasteiger partial charge in [-0.2, -0.15) is 0 Å². The van der Waals surface area contributed by atoms with Crippen LogP contribution in [-0.2, 0) is 0 Å². The average molecular weight is 283 g/mol. The normalized spacial score (nSPS) is 19.6. The van der Waals surface area contributed by atoms with Gasteiger partial charge in [-0.05, 0) is 38.9 Å². The van der Waals surface area contributed by atoms with Gasteiger partial charge in [-0.15, -0.1) is 0 Å². The Morgan fingerprint density at radius 2 is 1.60 bits per heavy atom. The maximum Gasteiger partial charge on any atom is 0.0362 e. The molecule has 0 amide bonds. The van der Waals surface area contributed by atoms with Crippen molar-refractivity contribution in [2.45, 2.75) is 97.1 Å². The maximum absolute atomic E-state index is 3.85. The van der Waals surface area contributed by atoms with Crippen LogP contribution in [0.25, 0.3) is 0 Å². The fourth-order valence-electron chi connectivity index (χ4n) is 4.31. The van der Waals surface area contributed by atoms with Crippen molar-refractivity contribution in [3.63, 3.8) is 0 Å². The molecule has 0 aromatic rings. The van der Waals surface area contributed by atoms with Crippen LogP contribution >= 0.6 is 0 Å². The van der Waals surface area contributed by atoms with Crippen LogP contribution in [0.2, 0.25) is 0 Å². The quantitative estimate of drug-likeness (QED) is 0.558. The molecule has 2 heteroatoms. The Hall–Kier alpha value is -0.0800. The molecule has 1 atom stereocenters. The molecule has 1 rings (SSSR count). The van der Waals surface area contributed by atoms with Crippen molar-refractivity contribution in [1.82, 2.24) is 10.2 Å². The minimum Gasteiger partial charge on any atom is -0.312 e. The summed E-state index contributed by atoms with van der Waals surface area (Å²) in [6.07, 6.45) is 12.6. The second-order valence-electron chi connectivity index (χ2n) is 6.44. The number of hydrogen-bond donors (Lipinski definition) is 1. The smallest absolute Gasteiger partial charge is 0.0362 e. The summed E-state index contributed by atoms with van der Waals surface area (Å²) in [7, 11) is 0. The van der Waals surface area contributed by atoms with Crippen molar-refractivity contribution in [2.75, 3.05) is 19.6 Å². The predicted molar refractivity (Wildman–Crippen MR) is 90.3 cm³/mol. The summed E-state index contributed by atoms with van der Waals surface area (Å²) in [5, 5.41) is 3.85. The maximum atomic E-state index is 3.85. The van der Waals surface area contributed by atoms with E-state index in [1.54, 1.807) is 0 Å². The van der Waals surface area contributed by atoms with E-state index in [4.69, 9.17) is 0 Å². The molecule has 0 radical (unpaired) electrons. The van der Waals surface area contributed by atoms with Crippen molar-refractivity contribution < 1.29 is 0 Å². The van der Waals surface area contributed by atoms with Crippen LogP contribution in [0, 0.1) is 0 Å². The zero-order valence-electron chi connectivity index (χ0n) is 14.5. The molecule has 20 heavy (non-hydrogen) atoms. The number of unbranched alkanes of at least 4 members (excludes halogenated alkanes) is 3. The van der Waals surface area contributed by atoms with E-state index in [1.165, 1.54) is 70.9 Å². The van der Waals surface area contributed by atoms with E-state index >= 15 is 0 Å². The van der Waals surface area contributed by atoms with E-state index in [9.17, 15) is 0 Å². The fraction of sp³-hybridized carbons (Fsp3) is 1.00. The van der Waals surface area contributed by atoms with Crippen LogP contribution in [0.1, 0.15) is 85.5 Å². The molecule has 1 aliphatic rings. The Labute approximate surface area is 127 Å². The first-order chi connectivity index (χ1) is 9.75. The molecular formula is C18H38N2. The van der Waals surface area contributed by atoms with Gasteiger partial charge in [0.05, 0.1) is 0 Å². The third-order valence-electron chi connectivity index (χ3n) is 5.31. The lowest BCUT2D eigenvalue weighted by molar-refractivity contribution is 0.0592. The summed E-state index contributed by atoms with van der Waals surface area (Å²) in [5.41, 5.74) is 0.450. The Morgan fingerprint density at radius 1 is 0.950 bits per heavy atom. The molecule has 1 fully saturated rings. The highest BCUT2D eigenvalue weighted by molar-refractivity contribution is 5.03. The third-order valence-corrected chi connectivity index (χ3v) is 5.31. The van der Waals surface area contributed by atoms with Gasteiger partial charge in [0.1, 0.15) is 0 Å². The van der Waals surface area contributed by atoms with E-state index < -0.39 is 0 Å². The lowest BCUT2D eigenvalue weighted by atomic mass is 9.82. The Bertz CT molecular complexity index is 230. The van der Waals surface area contributed by atoms with Crippen molar-refractivity contribution in [3.05, 3.63) is 0 Å². The van der Waals surface area contributed by atoms with Gasteiger partial charge in [0.2, 0.25) is 0 Å². The molecule has 0 heterocycles. The zero-order valence-corrected chi connectivity index (χ0v) is 14.5. The van der Waals surface area contributed by atoms with Crippen LogP contribution in [0.5, 0.6) is 0 Å². The van der Waals surface area contributed by atoms with Crippen molar-refractivity contribution in [3.8, 4) is 0 Å². The van der Waals surface area contributed by atoms with Crippen LogP contribution in [0.4, 0.5) is 0 Å². The van der Waals surface area contributed by atoms with Crippen LogP contribution in [-0.4, -0.2) is 36.1 Å². The van der Waals surface area contributed by atoms with Gasteiger partial charge >= 0.3 is 0 Å². The zero-order chi connectivity index (χ0) is 14.8. The highest BCUT2D eigenvalue weighted by atomic mass is 15.2. The largest absolute Gasteiger partial charge is 0.312 e. The molecule has 0 saturated heterocycles. The van der Waals surface area contributed by atoms with Gasteiger partial charge in [-0.1, -0.05) is 66.2 Å². The molecule has 1 saturated carbocycles. The average Bonchev–Trinajstić information content (AvgIpc) is 2.94. The van der Waals surface area contributed by atoms with Gasteiger partial charge < -0.3 is 5.32 Å². The summed E-state index contributed by atoms with van der Waals surface area (Å²) in [4.78, 5) is 2.76. The first kappa shape index (κ1) is 18.0. The third kappa shape index (κ3) is 4.46.